The van der Waals surface area contributed by atoms with Crippen molar-refractivity contribution in [2.24, 2.45) is 0 Å². The Labute approximate surface area is 167 Å². The van der Waals surface area contributed by atoms with Gasteiger partial charge in [-0.1, -0.05) is 30.3 Å². The maximum atomic E-state index is 12.9. The zero-order valence-corrected chi connectivity index (χ0v) is 15.5. The van der Waals surface area contributed by atoms with Crippen LogP contribution in [0, 0.1) is 0 Å². The number of hydrogen-bond donors (Lipinski definition) is 1. The molecular formula is C24H17N3O2. The van der Waals surface area contributed by atoms with Crippen LogP contribution in [0.1, 0.15) is 21.5 Å². The van der Waals surface area contributed by atoms with Crippen molar-refractivity contribution in [3.8, 4) is 22.7 Å². The van der Waals surface area contributed by atoms with Crippen LogP contribution >= 0.6 is 0 Å². The van der Waals surface area contributed by atoms with Gasteiger partial charge >= 0.3 is 0 Å². The summed E-state index contributed by atoms with van der Waals surface area (Å²) in [5, 5.41) is 14.9. The highest BCUT2D eigenvalue weighted by atomic mass is 16.3. The fourth-order valence-electron chi connectivity index (χ4n) is 3.66. The Kier molecular flexibility index (Phi) is 4.06. The molecule has 4 aromatic rings. The van der Waals surface area contributed by atoms with Gasteiger partial charge in [0.1, 0.15) is 11.4 Å². The SMILES string of the molecule is O=C1/C(=C\c2cn(-c3ccccc3)nc2-c2ccncc2)Cc2c(O)cccc21. The summed E-state index contributed by atoms with van der Waals surface area (Å²) in [4.78, 5) is 16.9. The van der Waals surface area contributed by atoms with Gasteiger partial charge in [-0.05, 0) is 36.4 Å². The van der Waals surface area contributed by atoms with Gasteiger partial charge in [-0.2, -0.15) is 5.10 Å². The minimum Gasteiger partial charge on any atom is -0.508 e. The van der Waals surface area contributed by atoms with Gasteiger partial charge in [-0.25, -0.2) is 4.68 Å². The first kappa shape index (κ1) is 17.1. The van der Waals surface area contributed by atoms with Gasteiger partial charge in [0.05, 0.1) is 5.69 Å². The third kappa shape index (κ3) is 3.02. The van der Waals surface area contributed by atoms with E-state index in [4.69, 9.17) is 5.10 Å². The van der Waals surface area contributed by atoms with E-state index >= 15 is 0 Å². The quantitative estimate of drug-likeness (QED) is 0.534. The number of allylic oxidation sites excluding steroid dienone is 1. The smallest absolute Gasteiger partial charge is 0.189 e. The average Bonchev–Trinajstić information content (AvgIpc) is 3.33. The summed E-state index contributed by atoms with van der Waals surface area (Å²) < 4.78 is 1.81. The molecule has 5 rings (SSSR count). The number of aromatic hydroxyl groups is 1. The number of phenols is 1. The number of pyridine rings is 1. The van der Waals surface area contributed by atoms with Crippen molar-refractivity contribution in [3.63, 3.8) is 0 Å². The summed E-state index contributed by atoms with van der Waals surface area (Å²) >= 11 is 0. The third-order valence-electron chi connectivity index (χ3n) is 5.10. The lowest BCUT2D eigenvalue weighted by atomic mass is 10.0. The number of carbonyl (C=O) groups is 1. The number of carbonyl (C=O) groups excluding carboxylic acids is 1. The molecule has 140 valence electrons. The van der Waals surface area contributed by atoms with E-state index in [1.165, 1.54) is 0 Å². The molecule has 1 aliphatic rings. The zero-order valence-electron chi connectivity index (χ0n) is 15.5. The highest BCUT2D eigenvalue weighted by Crippen LogP contribution is 2.35. The van der Waals surface area contributed by atoms with E-state index in [0.29, 0.717) is 23.1 Å². The van der Waals surface area contributed by atoms with Crippen molar-refractivity contribution in [3.05, 3.63) is 102 Å². The average molecular weight is 379 g/mol. The van der Waals surface area contributed by atoms with E-state index in [0.717, 1.165) is 22.5 Å². The van der Waals surface area contributed by atoms with E-state index in [1.54, 1.807) is 30.6 Å². The molecule has 5 nitrogen and oxygen atoms in total. The largest absolute Gasteiger partial charge is 0.508 e. The Balaban J connectivity index is 1.63. The number of fused-ring (bicyclic) bond motifs is 1. The molecule has 0 radical (unpaired) electrons. The molecule has 1 aliphatic carbocycles. The fourth-order valence-corrected chi connectivity index (χ4v) is 3.66. The normalized spacial score (nSPS) is 14.3. The van der Waals surface area contributed by atoms with Gasteiger partial charge in [-0.15, -0.1) is 0 Å². The number of aromatic nitrogens is 3. The van der Waals surface area contributed by atoms with Crippen LogP contribution in [-0.2, 0) is 6.42 Å². The number of Topliss-reactive ketones (excluding diaryl/α,β-unsaturated/α-hetero) is 1. The Morgan fingerprint density at radius 3 is 2.52 bits per heavy atom. The van der Waals surface area contributed by atoms with Crippen LogP contribution in [0.5, 0.6) is 5.75 Å². The Hall–Kier alpha value is -3.99. The molecule has 0 atom stereocenters. The van der Waals surface area contributed by atoms with Crippen LogP contribution in [0.3, 0.4) is 0 Å². The van der Waals surface area contributed by atoms with Crippen molar-refractivity contribution < 1.29 is 9.90 Å². The maximum Gasteiger partial charge on any atom is 0.189 e. The molecule has 2 heterocycles. The van der Waals surface area contributed by atoms with Crippen LogP contribution < -0.4 is 0 Å². The monoisotopic (exact) mass is 379 g/mol. The van der Waals surface area contributed by atoms with Gasteiger partial charge in [0.25, 0.3) is 0 Å². The minimum absolute atomic E-state index is 0.0518. The van der Waals surface area contributed by atoms with E-state index in [2.05, 4.69) is 4.98 Å². The van der Waals surface area contributed by atoms with Crippen LogP contribution in [-0.4, -0.2) is 25.7 Å². The minimum atomic E-state index is -0.0518. The predicted molar refractivity (Wildman–Crippen MR) is 111 cm³/mol. The second-order valence-corrected chi connectivity index (χ2v) is 6.93. The first-order valence-electron chi connectivity index (χ1n) is 9.32. The Morgan fingerprint density at radius 1 is 0.966 bits per heavy atom. The molecule has 1 N–H and O–H groups in total. The summed E-state index contributed by atoms with van der Waals surface area (Å²) in [6.07, 6.45) is 7.66. The molecule has 0 saturated carbocycles. The number of benzene rings is 2. The fraction of sp³-hybridized carbons (Fsp3) is 0.0417. The summed E-state index contributed by atoms with van der Waals surface area (Å²) in [5.74, 6) is 0.109. The molecule has 2 aromatic carbocycles. The van der Waals surface area contributed by atoms with Gasteiger partial charge in [0.2, 0.25) is 0 Å². The standard InChI is InChI=1S/C24H17N3O2/c28-22-8-4-7-20-21(22)14-17(24(20)29)13-18-15-27(19-5-2-1-3-6-19)26-23(18)16-9-11-25-12-10-16/h1-13,15,28H,14H2/b17-13-. The molecular weight excluding hydrogens is 362 g/mol. The molecule has 0 saturated heterocycles. The van der Waals surface area contributed by atoms with Crippen molar-refractivity contribution in [2.45, 2.75) is 6.42 Å². The van der Waals surface area contributed by atoms with Crippen molar-refractivity contribution in [1.29, 1.82) is 0 Å². The molecule has 5 heteroatoms. The summed E-state index contributed by atoms with van der Waals surface area (Å²) in [5.41, 5.74) is 5.37. The first-order chi connectivity index (χ1) is 14.2. The van der Waals surface area contributed by atoms with Crippen LogP contribution in [0.15, 0.2) is 84.8 Å². The molecule has 0 fully saturated rings. The van der Waals surface area contributed by atoms with Crippen molar-refractivity contribution in [1.82, 2.24) is 14.8 Å². The van der Waals surface area contributed by atoms with E-state index in [-0.39, 0.29) is 11.5 Å². The molecule has 0 bridgehead atoms. The zero-order chi connectivity index (χ0) is 19.8. The highest BCUT2D eigenvalue weighted by Gasteiger charge is 2.27. The topological polar surface area (TPSA) is 68.0 Å². The number of nitrogens with zero attached hydrogens (tertiary/aromatic N) is 3. The lowest BCUT2D eigenvalue weighted by Crippen LogP contribution is -1.95. The molecule has 0 spiro atoms. The number of ketones is 1. The molecule has 29 heavy (non-hydrogen) atoms. The van der Waals surface area contributed by atoms with Crippen LogP contribution in [0.25, 0.3) is 23.0 Å². The first-order valence-corrected chi connectivity index (χ1v) is 9.32. The summed E-state index contributed by atoms with van der Waals surface area (Å²) in [6, 6.07) is 18.7. The number of phenolic OH excluding ortho intramolecular Hbond substituents is 1. The van der Waals surface area contributed by atoms with Crippen LogP contribution in [0.2, 0.25) is 0 Å². The van der Waals surface area contributed by atoms with Gasteiger partial charge < -0.3 is 5.11 Å². The number of para-hydroxylation sites is 1. The molecule has 0 amide bonds. The second-order valence-electron chi connectivity index (χ2n) is 6.93. The Morgan fingerprint density at radius 2 is 1.76 bits per heavy atom. The van der Waals surface area contributed by atoms with Crippen LogP contribution in [0.4, 0.5) is 0 Å². The highest BCUT2D eigenvalue weighted by molar-refractivity contribution is 6.16. The molecule has 0 unspecified atom stereocenters. The second kappa shape index (κ2) is 6.87. The predicted octanol–water partition coefficient (Wildman–Crippen LogP) is 4.46. The van der Waals surface area contributed by atoms with Crippen molar-refractivity contribution in [2.75, 3.05) is 0 Å². The van der Waals surface area contributed by atoms with Gasteiger partial charge in [0.15, 0.2) is 5.78 Å². The van der Waals surface area contributed by atoms with Gasteiger partial charge in [0, 0.05) is 52.8 Å². The summed E-state index contributed by atoms with van der Waals surface area (Å²) in [6.45, 7) is 0. The Bertz CT molecular complexity index is 1240. The van der Waals surface area contributed by atoms with Crippen molar-refractivity contribution >= 4 is 11.9 Å². The molecule has 2 aromatic heterocycles. The lowest BCUT2D eigenvalue weighted by molar-refractivity contribution is 0.104. The van der Waals surface area contributed by atoms with Gasteiger partial charge in [-0.3, -0.25) is 9.78 Å². The summed E-state index contributed by atoms with van der Waals surface area (Å²) in [7, 11) is 0. The third-order valence-corrected chi connectivity index (χ3v) is 5.10. The van der Waals surface area contributed by atoms with E-state index in [9.17, 15) is 9.90 Å². The molecule has 0 aliphatic heterocycles. The van der Waals surface area contributed by atoms with E-state index < -0.39 is 0 Å². The van der Waals surface area contributed by atoms with E-state index in [1.807, 2.05) is 59.4 Å². The lowest BCUT2D eigenvalue weighted by Gasteiger charge is -2.00. The number of hydrogen-bond acceptors (Lipinski definition) is 4. The number of rotatable bonds is 3. The maximum absolute atomic E-state index is 12.9.